The van der Waals surface area contributed by atoms with Gasteiger partial charge in [-0.3, -0.25) is 9.69 Å². The maximum atomic E-state index is 12.7. The molecule has 3 rings (SSSR count). The number of morpholine rings is 1. The Bertz CT molecular complexity index is 586. The molecule has 1 aliphatic heterocycles. The van der Waals surface area contributed by atoms with Crippen molar-refractivity contribution < 1.29 is 9.53 Å². The maximum Gasteiger partial charge on any atom is 0.253 e. The molecule has 7 heteroatoms. The van der Waals surface area contributed by atoms with Gasteiger partial charge in [0.15, 0.2) is 5.60 Å². The molecule has 2 fully saturated rings. The molecular formula is C18H29N5O2. The summed E-state index contributed by atoms with van der Waals surface area (Å²) in [5.41, 5.74) is 0.261. The van der Waals surface area contributed by atoms with Gasteiger partial charge < -0.3 is 15.0 Å². The molecule has 0 spiro atoms. The molecule has 0 radical (unpaired) electrons. The minimum atomic E-state index is -0.786. The summed E-state index contributed by atoms with van der Waals surface area (Å²) in [5.74, 6) is 0.717. The Morgan fingerprint density at radius 3 is 2.68 bits per heavy atom. The molecule has 0 unspecified atom stereocenters. The van der Waals surface area contributed by atoms with Crippen molar-refractivity contribution >= 4 is 11.9 Å². The Hall–Kier alpha value is -1.73. The zero-order valence-corrected chi connectivity index (χ0v) is 15.5. The van der Waals surface area contributed by atoms with Gasteiger partial charge in [0.25, 0.3) is 5.91 Å². The van der Waals surface area contributed by atoms with E-state index in [0.29, 0.717) is 25.1 Å². The lowest BCUT2D eigenvalue weighted by molar-refractivity contribution is -0.157. The van der Waals surface area contributed by atoms with E-state index in [0.717, 1.165) is 31.5 Å². The fraction of sp³-hybridized carbons (Fsp3) is 0.722. The Labute approximate surface area is 149 Å². The molecule has 1 aliphatic carbocycles. The summed E-state index contributed by atoms with van der Waals surface area (Å²) in [5, 5.41) is 3.17. The van der Waals surface area contributed by atoms with Crippen LogP contribution in [0.5, 0.6) is 0 Å². The van der Waals surface area contributed by atoms with Gasteiger partial charge in [-0.15, -0.1) is 0 Å². The van der Waals surface area contributed by atoms with Gasteiger partial charge in [-0.1, -0.05) is 12.8 Å². The van der Waals surface area contributed by atoms with Gasteiger partial charge in [0.1, 0.15) is 0 Å². The highest BCUT2D eigenvalue weighted by molar-refractivity contribution is 5.85. The highest BCUT2D eigenvalue weighted by atomic mass is 16.5. The number of anilines is 1. The van der Waals surface area contributed by atoms with Crippen molar-refractivity contribution in [1.29, 1.82) is 0 Å². The predicted octanol–water partition coefficient (Wildman–Crippen LogP) is 1.19. The molecule has 25 heavy (non-hydrogen) atoms. The second-order valence-electron chi connectivity index (χ2n) is 7.53. The van der Waals surface area contributed by atoms with Crippen molar-refractivity contribution in [2.24, 2.45) is 0 Å². The normalized spacial score (nSPS) is 25.1. The van der Waals surface area contributed by atoms with Crippen LogP contribution in [0, 0.1) is 0 Å². The Balaban J connectivity index is 1.58. The molecule has 2 aliphatic rings. The van der Waals surface area contributed by atoms with E-state index in [1.807, 2.05) is 38.3 Å². The second-order valence-corrected chi connectivity index (χ2v) is 7.53. The first kappa shape index (κ1) is 18.1. The minimum absolute atomic E-state index is 0.0169. The van der Waals surface area contributed by atoms with Gasteiger partial charge in [0.05, 0.1) is 6.61 Å². The lowest BCUT2D eigenvalue weighted by Crippen LogP contribution is -2.59. The van der Waals surface area contributed by atoms with E-state index in [4.69, 9.17) is 4.74 Å². The highest BCUT2D eigenvalue weighted by Gasteiger charge is 2.40. The van der Waals surface area contributed by atoms with Crippen molar-refractivity contribution in [3.63, 3.8) is 0 Å². The number of amides is 1. The molecule has 1 saturated heterocycles. The van der Waals surface area contributed by atoms with E-state index >= 15 is 0 Å². The number of hydrogen-bond acceptors (Lipinski definition) is 6. The van der Waals surface area contributed by atoms with Crippen LogP contribution in [0.3, 0.4) is 0 Å². The Morgan fingerprint density at radius 2 is 2.04 bits per heavy atom. The van der Waals surface area contributed by atoms with Gasteiger partial charge >= 0.3 is 0 Å². The van der Waals surface area contributed by atoms with Crippen molar-refractivity contribution in [2.75, 3.05) is 38.7 Å². The van der Waals surface area contributed by atoms with Crippen LogP contribution >= 0.6 is 0 Å². The molecule has 1 aromatic heterocycles. The van der Waals surface area contributed by atoms with Crippen LogP contribution in [0.1, 0.15) is 38.2 Å². The topological polar surface area (TPSA) is 70.6 Å². The molecule has 1 N–H and O–H groups in total. The van der Waals surface area contributed by atoms with Crippen LogP contribution in [-0.2, 0) is 16.1 Å². The Kier molecular flexibility index (Phi) is 5.54. The highest BCUT2D eigenvalue weighted by Crippen LogP contribution is 2.23. The van der Waals surface area contributed by atoms with Crippen LogP contribution < -0.4 is 10.2 Å². The third-order valence-corrected chi connectivity index (χ3v) is 5.02. The van der Waals surface area contributed by atoms with E-state index in [-0.39, 0.29) is 5.91 Å². The van der Waals surface area contributed by atoms with Crippen molar-refractivity contribution in [1.82, 2.24) is 20.2 Å². The van der Waals surface area contributed by atoms with Crippen LogP contribution in [0.4, 0.5) is 5.95 Å². The van der Waals surface area contributed by atoms with E-state index in [9.17, 15) is 4.79 Å². The molecule has 1 atom stereocenters. The first-order valence-electron chi connectivity index (χ1n) is 9.12. The van der Waals surface area contributed by atoms with Crippen LogP contribution in [0.25, 0.3) is 0 Å². The van der Waals surface area contributed by atoms with E-state index in [1.54, 1.807) is 0 Å². The van der Waals surface area contributed by atoms with Crippen molar-refractivity contribution in [2.45, 2.75) is 50.8 Å². The molecular weight excluding hydrogens is 318 g/mol. The third-order valence-electron chi connectivity index (χ3n) is 5.02. The van der Waals surface area contributed by atoms with E-state index < -0.39 is 5.60 Å². The lowest BCUT2D eigenvalue weighted by atomic mass is 10.0. The number of nitrogens with zero attached hydrogens (tertiary/aromatic N) is 4. The summed E-state index contributed by atoms with van der Waals surface area (Å²) in [4.78, 5) is 25.5. The average Bonchev–Trinajstić information content (AvgIpc) is 3.08. The van der Waals surface area contributed by atoms with E-state index in [2.05, 4.69) is 20.2 Å². The number of carbonyl (C=O) groups excluding carboxylic acids is 1. The zero-order chi connectivity index (χ0) is 17.9. The largest absolute Gasteiger partial charge is 0.363 e. The maximum absolute atomic E-state index is 12.7. The van der Waals surface area contributed by atoms with Crippen LogP contribution in [0.15, 0.2) is 12.4 Å². The van der Waals surface area contributed by atoms with Gasteiger partial charge in [0, 0.05) is 57.7 Å². The Morgan fingerprint density at radius 1 is 1.36 bits per heavy atom. The molecule has 2 heterocycles. The van der Waals surface area contributed by atoms with Crippen molar-refractivity contribution in [3.8, 4) is 0 Å². The minimum Gasteiger partial charge on any atom is -0.363 e. The summed E-state index contributed by atoms with van der Waals surface area (Å²) >= 11 is 0. The molecule has 1 aromatic rings. The number of rotatable bonds is 5. The third kappa shape index (κ3) is 4.46. The molecule has 7 nitrogen and oxygen atoms in total. The fourth-order valence-corrected chi connectivity index (χ4v) is 3.55. The quantitative estimate of drug-likeness (QED) is 0.863. The number of nitrogens with one attached hydrogen (secondary N) is 1. The molecule has 0 bridgehead atoms. The fourth-order valence-electron chi connectivity index (χ4n) is 3.55. The van der Waals surface area contributed by atoms with Gasteiger partial charge in [-0.05, 0) is 19.8 Å². The predicted molar refractivity (Wildman–Crippen MR) is 96.4 cm³/mol. The summed E-state index contributed by atoms with van der Waals surface area (Å²) in [6.45, 7) is 4.58. The molecule has 138 valence electrons. The number of ether oxygens (including phenoxy) is 1. The second kappa shape index (κ2) is 7.66. The number of carbonyl (C=O) groups is 1. The molecule has 1 saturated carbocycles. The summed E-state index contributed by atoms with van der Waals surface area (Å²) in [6.07, 6.45) is 8.29. The zero-order valence-electron chi connectivity index (χ0n) is 15.5. The smallest absolute Gasteiger partial charge is 0.253 e. The summed E-state index contributed by atoms with van der Waals surface area (Å²) in [6, 6.07) is 0.315. The SMILES string of the molecule is CN(C)c1ncc(CN2CCO[C@@](C)(C(=O)NC3CCCC3)C2)cn1. The number of hydrogen-bond donors (Lipinski definition) is 1. The number of aromatic nitrogens is 2. The van der Waals surface area contributed by atoms with Gasteiger partial charge in [0.2, 0.25) is 5.95 Å². The summed E-state index contributed by atoms with van der Waals surface area (Å²) in [7, 11) is 3.84. The summed E-state index contributed by atoms with van der Waals surface area (Å²) < 4.78 is 5.86. The van der Waals surface area contributed by atoms with Crippen molar-refractivity contribution in [3.05, 3.63) is 18.0 Å². The van der Waals surface area contributed by atoms with Gasteiger partial charge in [-0.25, -0.2) is 9.97 Å². The molecule has 1 amide bonds. The lowest BCUT2D eigenvalue weighted by Gasteiger charge is -2.39. The van der Waals surface area contributed by atoms with Gasteiger partial charge in [-0.2, -0.15) is 0 Å². The van der Waals surface area contributed by atoms with Crippen LogP contribution in [0.2, 0.25) is 0 Å². The first-order chi connectivity index (χ1) is 12.0. The monoisotopic (exact) mass is 347 g/mol. The standard InChI is InChI=1S/C18H29N5O2/c1-18(16(24)21-15-6-4-5-7-15)13-23(8-9-25-18)12-14-10-19-17(20-11-14)22(2)3/h10-11,15H,4-9,12-13H2,1-3H3,(H,21,24)/t18-/m1/s1. The average molecular weight is 347 g/mol. The van der Waals surface area contributed by atoms with Crippen LogP contribution in [-0.4, -0.2) is 66.2 Å². The van der Waals surface area contributed by atoms with E-state index in [1.165, 1.54) is 12.8 Å². The molecule has 0 aromatic carbocycles. The first-order valence-corrected chi connectivity index (χ1v) is 9.12.